The molecule has 2 aromatic rings. The van der Waals surface area contributed by atoms with E-state index >= 15 is 0 Å². The first kappa shape index (κ1) is 17.1. The van der Waals surface area contributed by atoms with Crippen molar-refractivity contribution in [3.05, 3.63) is 45.4 Å². The molecule has 0 saturated carbocycles. The van der Waals surface area contributed by atoms with Crippen molar-refractivity contribution in [2.45, 2.75) is 13.0 Å². The van der Waals surface area contributed by atoms with Gasteiger partial charge in [-0.15, -0.1) is 0 Å². The van der Waals surface area contributed by atoms with Gasteiger partial charge in [0.1, 0.15) is 12.4 Å². The molecular formula is C15H18F2N6O2. The Morgan fingerprint density at radius 1 is 1.08 bits per heavy atom. The van der Waals surface area contributed by atoms with Crippen molar-refractivity contribution in [3.63, 3.8) is 0 Å². The highest BCUT2D eigenvalue weighted by atomic mass is 19.3. The normalized spacial score (nSPS) is 15.0. The van der Waals surface area contributed by atoms with Gasteiger partial charge >= 0.3 is 0 Å². The summed E-state index contributed by atoms with van der Waals surface area (Å²) >= 11 is 0. The maximum absolute atomic E-state index is 12.4. The van der Waals surface area contributed by atoms with Gasteiger partial charge in [0.05, 0.1) is 18.2 Å². The minimum atomic E-state index is -2.62. The van der Waals surface area contributed by atoms with Crippen molar-refractivity contribution < 1.29 is 8.78 Å². The molecule has 1 saturated heterocycles. The lowest BCUT2D eigenvalue weighted by molar-refractivity contribution is 0.119. The number of aryl methyl sites for hydroxylation is 1. The van der Waals surface area contributed by atoms with Gasteiger partial charge in [-0.1, -0.05) is 0 Å². The highest BCUT2D eigenvalue weighted by Crippen LogP contribution is 2.16. The molecule has 134 valence electrons. The van der Waals surface area contributed by atoms with Crippen LogP contribution in [-0.2, 0) is 13.6 Å². The van der Waals surface area contributed by atoms with Crippen LogP contribution < -0.4 is 20.9 Å². The van der Waals surface area contributed by atoms with Gasteiger partial charge in [0, 0.05) is 45.4 Å². The molecule has 0 aromatic carbocycles. The summed E-state index contributed by atoms with van der Waals surface area (Å²) in [4.78, 5) is 31.8. The summed E-state index contributed by atoms with van der Waals surface area (Å²) in [7, 11) is 1.64. The van der Waals surface area contributed by atoms with E-state index < -0.39 is 18.5 Å². The summed E-state index contributed by atoms with van der Waals surface area (Å²) in [6.07, 6.45) is 0.290. The smallest absolute Gasteiger partial charge is 0.269 e. The molecule has 3 heterocycles. The predicted molar refractivity (Wildman–Crippen MR) is 88.4 cm³/mol. The monoisotopic (exact) mass is 352 g/mol. The van der Waals surface area contributed by atoms with Crippen LogP contribution in [0.25, 0.3) is 0 Å². The third kappa shape index (κ3) is 3.83. The Bertz CT molecular complexity index is 858. The molecule has 25 heavy (non-hydrogen) atoms. The lowest BCUT2D eigenvalue weighted by atomic mass is 10.3. The van der Waals surface area contributed by atoms with Crippen LogP contribution in [0.5, 0.6) is 0 Å². The quantitative estimate of drug-likeness (QED) is 0.767. The molecule has 1 fully saturated rings. The number of rotatable bonds is 4. The third-order valence-corrected chi connectivity index (χ3v) is 4.10. The number of nitrogens with zero attached hydrogens (tertiary/aromatic N) is 6. The summed E-state index contributed by atoms with van der Waals surface area (Å²) in [5, 5.41) is 3.80. The number of halogens is 2. The van der Waals surface area contributed by atoms with Crippen LogP contribution in [0.15, 0.2) is 34.2 Å². The molecule has 0 spiro atoms. The number of aromatic nitrogens is 4. The van der Waals surface area contributed by atoms with E-state index in [1.54, 1.807) is 7.05 Å². The standard InChI is InChI=1S/C15H18F2N6O2/c1-20-10-18-13(7-14(20)24)22-4-2-21(3-5-22)11-6-15(25)23(19-8-11)9-12(16)17/h6-8,10,12H,2-5,9H2,1H3. The zero-order valence-corrected chi connectivity index (χ0v) is 13.7. The molecule has 8 nitrogen and oxygen atoms in total. The van der Waals surface area contributed by atoms with Gasteiger partial charge in [0.2, 0.25) is 0 Å². The number of piperazine rings is 1. The summed E-state index contributed by atoms with van der Waals surface area (Å²) in [6.45, 7) is 1.76. The Morgan fingerprint density at radius 3 is 2.36 bits per heavy atom. The first-order chi connectivity index (χ1) is 11.9. The Kier molecular flexibility index (Phi) is 4.77. The molecule has 10 heteroatoms. The highest BCUT2D eigenvalue weighted by molar-refractivity contribution is 5.46. The Labute approximate surface area is 141 Å². The van der Waals surface area contributed by atoms with Crippen molar-refractivity contribution in [3.8, 4) is 0 Å². The summed E-state index contributed by atoms with van der Waals surface area (Å²) in [5.41, 5.74) is -0.0696. The van der Waals surface area contributed by atoms with Crippen LogP contribution in [-0.4, -0.2) is 51.9 Å². The molecule has 2 aromatic heterocycles. The fourth-order valence-electron chi connectivity index (χ4n) is 2.68. The Morgan fingerprint density at radius 2 is 1.76 bits per heavy atom. The van der Waals surface area contributed by atoms with Crippen molar-refractivity contribution >= 4 is 11.5 Å². The zero-order valence-electron chi connectivity index (χ0n) is 13.7. The molecule has 0 aliphatic carbocycles. The maximum atomic E-state index is 12.4. The molecule has 0 radical (unpaired) electrons. The Hall–Kier alpha value is -2.78. The van der Waals surface area contributed by atoms with Crippen LogP contribution in [0, 0.1) is 0 Å². The van der Waals surface area contributed by atoms with Gasteiger partial charge in [-0.05, 0) is 0 Å². The van der Waals surface area contributed by atoms with E-state index in [0.717, 1.165) is 4.68 Å². The summed E-state index contributed by atoms with van der Waals surface area (Å²) < 4.78 is 26.9. The van der Waals surface area contributed by atoms with Gasteiger partial charge in [-0.3, -0.25) is 9.59 Å². The molecule has 0 atom stereocenters. The van der Waals surface area contributed by atoms with Gasteiger partial charge in [-0.25, -0.2) is 18.4 Å². The van der Waals surface area contributed by atoms with Crippen molar-refractivity contribution in [2.24, 2.45) is 7.05 Å². The average molecular weight is 352 g/mol. The fraction of sp³-hybridized carbons (Fsp3) is 0.467. The Balaban J connectivity index is 1.67. The fourth-order valence-corrected chi connectivity index (χ4v) is 2.68. The van der Waals surface area contributed by atoms with Gasteiger partial charge in [0.15, 0.2) is 0 Å². The molecule has 1 aliphatic heterocycles. The minimum absolute atomic E-state index is 0.126. The second kappa shape index (κ2) is 6.99. The lowest BCUT2D eigenvalue weighted by Crippen LogP contribution is -2.47. The van der Waals surface area contributed by atoms with E-state index in [1.165, 1.54) is 29.2 Å². The van der Waals surface area contributed by atoms with E-state index in [2.05, 4.69) is 10.1 Å². The molecule has 0 amide bonds. The SMILES string of the molecule is Cn1cnc(N2CCN(c3cnn(CC(F)F)c(=O)c3)CC2)cc1=O. The van der Waals surface area contributed by atoms with Crippen LogP contribution in [0.4, 0.5) is 20.3 Å². The van der Waals surface area contributed by atoms with Crippen LogP contribution >= 0.6 is 0 Å². The van der Waals surface area contributed by atoms with E-state index in [9.17, 15) is 18.4 Å². The zero-order chi connectivity index (χ0) is 18.0. The average Bonchev–Trinajstić information content (AvgIpc) is 2.59. The lowest BCUT2D eigenvalue weighted by Gasteiger charge is -2.36. The molecule has 0 unspecified atom stereocenters. The maximum Gasteiger partial charge on any atom is 0.269 e. The van der Waals surface area contributed by atoms with E-state index in [0.29, 0.717) is 37.7 Å². The first-order valence-corrected chi connectivity index (χ1v) is 7.82. The topological polar surface area (TPSA) is 76.3 Å². The number of hydrogen-bond acceptors (Lipinski definition) is 6. The van der Waals surface area contributed by atoms with Gasteiger partial charge in [-0.2, -0.15) is 5.10 Å². The third-order valence-electron chi connectivity index (χ3n) is 4.10. The second-order valence-electron chi connectivity index (χ2n) is 5.80. The van der Waals surface area contributed by atoms with E-state index in [4.69, 9.17) is 0 Å². The molecule has 0 N–H and O–H groups in total. The molecule has 1 aliphatic rings. The molecular weight excluding hydrogens is 334 g/mol. The number of hydrogen-bond donors (Lipinski definition) is 0. The minimum Gasteiger partial charge on any atom is -0.367 e. The predicted octanol–water partition coefficient (Wildman–Crippen LogP) is -0.0713. The van der Waals surface area contributed by atoms with E-state index in [-0.39, 0.29) is 5.56 Å². The second-order valence-corrected chi connectivity index (χ2v) is 5.80. The largest absolute Gasteiger partial charge is 0.367 e. The van der Waals surface area contributed by atoms with Crippen molar-refractivity contribution in [1.29, 1.82) is 0 Å². The summed E-state index contributed by atoms with van der Waals surface area (Å²) in [6, 6.07) is 2.81. The van der Waals surface area contributed by atoms with Crippen molar-refractivity contribution in [2.75, 3.05) is 36.0 Å². The molecule has 0 bridgehead atoms. The van der Waals surface area contributed by atoms with Crippen LogP contribution in [0.1, 0.15) is 0 Å². The van der Waals surface area contributed by atoms with Gasteiger partial charge in [0.25, 0.3) is 17.5 Å². The van der Waals surface area contributed by atoms with Crippen LogP contribution in [0.2, 0.25) is 0 Å². The highest BCUT2D eigenvalue weighted by Gasteiger charge is 2.20. The van der Waals surface area contributed by atoms with Gasteiger partial charge < -0.3 is 14.4 Å². The number of anilines is 2. The van der Waals surface area contributed by atoms with E-state index in [1.807, 2.05) is 9.80 Å². The number of alkyl halides is 2. The first-order valence-electron chi connectivity index (χ1n) is 7.82. The van der Waals surface area contributed by atoms with Crippen LogP contribution in [0.3, 0.4) is 0 Å². The van der Waals surface area contributed by atoms with Crippen molar-refractivity contribution in [1.82, 2.24) is 19.3 Å². The molecule has 3 rings (SSSR count). The summed E-state index contributed by atoms with van der Waals surface area (Å²) in [5.74, 6) is 0.619.